The molecule has 0 unspecified atom stereocenters. The number of hydrogen-bond acceptors (Lipinski definition) is 6. The van der Waals surface area contributed by atoms with Gasteiger partial charge in [-0.05, 0) is 36.4 Å². The number of amides is 2. The van der Waals surface area contributed by atoms with Gasteiger partial charge in [-0.2, -0.15) is 0 Å². The molecule has 1 aromatic carbocycles. The predicted molar refractivity (Wildman–Crippen MR) is 89.4 cm³/mol. The summed E-state index contributed by atoms with van der Waals surface area (Å²) in [5.41, 5.74) is 1.31. The fourth-order valence-electron chi connectivity index (χ4n) is 2.12. The number of nitrogens with one attached hydrogen (secondary N) is 1. The van der Waals surface area contributed by atoms with E-state index >= 15 is 0 Å². The highest BCUT2D eigenvalue weighted by atomic mass is 16.5. The summed E-state index contributed by atoms with van der Waals surface area (Å²) in [6.07, 6.45) is 1.02. The van der Waals surface area contributed by atoms with Crippen molar-refractivity contribution in [3.05, 3.63) is 54.4 Å². The summed E-state index contributed by atoms with van der Waals surface area (Å²) in [6.45, 7) is 0. The van der Waals surface area contributed by atoms with Crippen LogP contribution in [0.15, 0.2) is 57.7 Å². The van der Waals surface area contributed by atoms with Crippen molar-refractivity contribution < 1.29 is 23.3 Å². The molecule has 1 N–H and O–H groups in total. The second-order valence-electron chi connectivity index (χ2n) is 5.08. The topological polar surface area (TPSA) is 97.8 Å². The van der Waals surface area contributed by atoms with Crippen molar-refractivity contribution >= 4 is 23.4 Å². The smallest absolute Gasteiger partial charge is 0.413 e. The molecule has 3 rings (SSSR count). The molecule has 0 saturated carbocycles. The number of aromatic nitrogens is 1. The Labute approximate surface area is 143 Å². The fourth-order valence-corrected chi connectivity index (χ4v) is 2.12. The average molecular weight is 341 g/mol. The number of benzene rings is 1. The maximum atomic E-state index is 12.2. The van der Waals surface area contributed by atoms with Crippen molar-refractivity contribution in [1.82, 2.24) is 5.16 Å². The van der Waals surface area contributed by atoms with Crippen LogP contribution < -0.4 is 10.2 Å². The summed E-state index contributed by atoms with van der Waals surface area (Å²) >= 11 is 0. The third-order valence-corrected chi connectivity index (χ3v) is 3.47. The zero-order valence-electron chi connectivity index (χ0n) is 13.6. The van der Waals surface area contributed by atoms with E-state index in [1.54, 1.807) is 43.4 Å². The van der Waals surface area contributed by atoms with Gasteiger partial charge >= 0.3 is 6.09 Å². The SMILES string of the molecule is COC(=O)N(C)c1ccc(NC(=O)c2cc(-c3ccco3)on2)cc1. The molecule has 0 aliphatic rings. The first kappa shape index (κ1) is 16.3. The Kier molecular flexibility index (Phi) is 4.51. The molecule has 2 amide bonds. The number of anilines is 2. The van der Waals surface area contributed by atoms with Crippen LogP contribution in [0.4, 0.5) is 16.2 Å². The summed E-state index contributed by atoms with van der Waals surface area (Å²) in [6, 6.07) is 11.6. The van der Waals surface area contributed by atoms with Gasteiger partial charge in [0.25, 0.3) is 5.91 Å². The Morgan fingerprint density at radius 3 is 2.56 bits per heavy atom. The van der Waals surface area contributed by atoms with E-state index in [-0.39, 0.29) is 5.69 Å². The molecular weight excluding hydrogens is 326 g/mol. The first-order valence-electron chi connectivity index (χ1n) is 7.32. The van der Waals surface area contributed by atoms with Crippen molar-refractivity contribution in [2.45, 2.75) is 0 Å². The van der Waals surface area contributed by atoms with E-state index < -0.39 is 12.0 Å². The van der Waals surface area contributed by atoms with Crippen molar-refractivity contribution in [3.8, 4) is 11.5 Å². The van der Waals surface area contributed by atoms with Crippen LogP contribution in [-0.2, 0) is 4.74 Å². The third-order valence-electron chi connectivity index (χ3n) is 3.47. The maximum Gasteiger partial charge on any atom is 0.413 e. The third kappa shape index (κ3) is 3.52. The lowest BCUT2D eigenvalue weighted by Gasteiger charge is -2.15. The lowest BCUT2D eigenvalue weighted by atomic mass is 10.2. The van der Waals surface area contributed by atoms with Gasteiger partial charge in [-0.3, -0.25) is 9.69 Å². The Morgan fingerprint density at radius 1 is 1.16 bits per heavy atom. The van der Waals surface area contributed by atoms with Crippen molar-refractivity contribution in [1.29, 1.82) is 0 Å². The van der Waals surface area contributed by atoms with E-state index in [0.717, 1.165) is 0 Å². The molecule has 0 spiro atoms. The van der Waals surface area contributed by atoms with Crippen LogP contribution >= 0.6 is 0 Å². The number of rotatable bonds is 4. The van der Waals surface area contributed by atoms with Gasteiger partial charge in [-0.15, -0.1) is 0 Å². The van der Waals surface area contributed by atoms with Gasteiger partial charge in [0, 0.05) is 24.5 Å². The molecule has 0 fully saturated rings. The Balaban J connectivity index is 1.68. The largest absolute Gasteiger partial charge is 0.461 e. The van der Waals surface area contributed by atoms with Crippen molar-refractivity contribution in [2.24, 2.45) is 0 Å². The normalized spacial score (nSPS) is 10.3. The molecule has 0 bridgehead atoms. The lowest BCUT2D eigenvalue weighted by molar-refractivity contribution is 0.101. The fraction of sp³-hybridized carbons (Fsp3) is 0.118. The summed E-state index contributed by atoms with van der Waals surface area (Å²) in [7, 11) is 2.90. The zero-order valence-corrected chi connectivity index (χ0v) is 13.6. The van der Waals surface area contributed by atoms with E-state index in [4.69, 9.17) is 8.94 Å². The number of furan rings is 1. The average Bonchev–Trinajstić information content (AvgIpc) is 3.32. The summed E-state index contributed by atoms with van der Waals surface area (Å²) in [5.74, 6) is 0.433. The number of methoxy groups -OCH3 is 1. The highest BCUT2D eigenvalue weighted by Crippen LogP contribution is 2.22. The van der Waals surface area contributed by atoms with Crippen molar-refractivity contribution in [2.75, 3.05) is 24.4 Å². The molecule has 2 heterocycles. The predicted octanol–water partition coefficient (Wildman–Crippen LogP) is 3.39. The molecule has 0 radical (unpaired) electrons. The summed E-state index contributed by atoms with van der Waals surface area (Å²) in [5, 5.41) is 6.43. The Morgan fingerprint density at radius 2 is 1.92 bits per heavy atom. The molecule has 0 atom stereocenters. The highest BCUT2D eigenvalue weighted by Gasteiger charge is 2.16. The standard InChI is InChI=1S/C17H15N3O5/c1-20(17(22)23-2)12-7-5-11(6-8-12)18-16(21)13-10-15(25-19-13)14-4-3-9-24-14/h3-10H,1-2H3,(H,18,21). The molecule has 8 heteroatoms. The minimum absolute atomic E-state index is 0.127. The van der Waals surface area contributed by atoms with Crippen LogP contribution in [0.2, 0.25) is 0 Å². The molecule has 0 aliphatic heterocycles. The van der Waals surface area contributed by atoms with E-state index in [1.165, 1.54) is 24.3 Å². The van der Waals surface area contributed by atoms with Crippen LogP contribution in [0, 0.1) is 0 Å². The number of carbonyl (C=O) groups is 2. The first-order valence-corrected chi connectivity index (χ1v) is 7.32. The van der Waals surface area contributed by atoms with Gasteiger partial charge in [0.05, 0.1) is 13.4 Å². The number of nitrogens with zero attached hydrogens (tertiary/aromatic N) is 2. The van der Waals surface area contributed by atoms with Gasteiger partial charge in [0.2, 0.25) is 5.76 Å². The maximum absolute atomic E-state index is 12.2. The van der Waals surface area contributed by atoms with Crippen LogP contribution in [0.1, 0.15) is 10.5 Å². The quantitative estimate of drug-likeness (QED) is 0.781. The van der Waals surface area contributed by atoms with Gasteiger partial charge in [-0.25, -0.2) is 4.79 Å². The van der Waals surface area contributed by atoms with Gasteiger partial charge < -0.3 is 19.0 Å². The second kappa shape index (κ2) is 6.91. The molecule has 25 heavy (non-hydrogen) atoms. The van der Waals surface area contributed by atoms with E-state index in [9.17, 15) is 9.59 Å². The lowest BCUT2D eigenvalue weighted by Crippen LogP contribution is -2.25. The number of hydrogen-bond donors (Lipinski definition) is 1. The minimum Gasteiger partial charge on any atom is -0.461 e. The molecule has 128 valence electrons. The van der Waals surface area contributed by atoms with Crippen LogP contribution in [0.25, 0.3) is 11.5 Å². The molecule has 0 aliphatic carbocycles. The van der Waals surface area contributed by atoms with Crippen molar-refractivity contribution in [3.63, 3.8) is 0 Å². The molecule has 8 nitrogen and oxygen atoms in total. The van der Waals surface area contributed by atoms with Gasteiger partial charge in [-0.1, -0.05) is 5.16 Å². The van der Waals surface area contributed by atoms with Crippen LogP contribution in [-0.4, -0.2) is 31.3 Å². The van der Waals surface area contributed by atoms with E-state index in [2.05, 4.69) is 15.2 Å². The number of ether oxygens (including phenoxy) is 1. The monoisotopic (exact) mass is 341 g/mol. The summed E-state index contributed by atoms with van der Waals surface area (Å²) < 4.78 is 14.9. The van der Waals surface area contributed by atoms with Crippen LogP contribution in [0.3, 0.4) is 0 Å². The van der Waals surface area contributed by atoms with Gasteiger partial charge in [0.1, 0.15) is 0 Å². The first-order chi connectivity index (χ1) is 12.1. The number of carbonyl (C=O) groups excluding carboxylic acids is 2. The van der Waals surface area contributed by atoms with E-state index in [0.29, 0.717) is 22.9 Å². The zero-order chi connectivity index (χ0) is 17.8. The van der Waals surface area contributed by atoms with Gasteiger partial charge in [0.15, 0.2) is 11.5 Å². The Bertz CT molecular complexity index is 868. The molecule has 2 aromatic heterocycles. The second-order valence-corrected chi connectivity index (χ2v) is 5.08. The van der Waals surface area contributed by atoms with Crippen LogP contribution in [0.5, 0.6) is 0 Å². The molecular formula is C17H15N3O5. The summed E-state index contributed by atoms with van der Waals surface area (Å²) in [4.78, 5) is 25.0. The molecule has 3 aromatic rings. The minimum atomic E-state index is -0.482. The highest BCUT2D eigenvalue weighted by molar-refractivity contribution is 6.03. The van der Waals surface area contributed by atoms with E-state index in [1.807, 2.05) is 0 Å². The Hall–Kier alpha value is -3.55. The molecule has 0 saturated heterocycles.